The number of hydrogen-bond acceptors (Lipinski definition) is 3. The van der Waals surface area contributed by atoms with Crippen molar-refractivity contribution < 1.29 is 9.53 Å². The summed E-state index contributed by atoms with van der Waals surface area (Å²) >= 11 is 1.85. The van der Waals surface area contributed by atoms with Gasteiger partial charge in [-0.25, -0.2) is 0 Å². The van der Waals surface area contributed by atoms with Crippen molar-refractivity contribution in [2.24, 2.45) is 0 Å². The molecule has 0 amide bonds. The molecule has 0 aliphatic rings. The molecule has 3 aromatic rings. The quantitative estimate of drug-likeness (QED) is 0.334. The summed E-state index contributed by atoms with van der Waals surface area (Å²) in [6, 6.07) is 26.8. The van der Waals surface area contributed by atoms with Gasteiger partial charge in [0.05, 0.1) is 0 Å². The van der Waals surface area contributed by atoms with E-state index >= 15 is 0 Å². The number of rotatable bonds is 6. The van der Waals surface area contributed by atoms with E-state index < -0.39 is 0 Å². The van der Waals surface area contributed by atoms with Gasteiger partial charge in [-0.3, -0.25) is 4.79 Å². The molecule has 3 aromatic carbocycles. The fraction of sp³-hybridized carbons (Fsp3) is 0.136. The van der Waals surface area contributed by atoms with E-state index in [2.05, 4.69) is 48.5 Å². The topological polar surface area (TPSA) is 26.3 Å². The summed E-state index contributed by atoms with van der Waals surface area (Å²) in [7, 11) is 0. The lowest BCUT2D eigenvalue weighted by Crippen LogP contribution is -2.01. The van der Waals surface area contributed by atoms with Crippen molar-refractivity contribution in [2.75, 3.05) is 0 Å². The molecule has 3 rings (SSSR count). The van der Waals surface area contributed by atoms with Crippen LogP contribution in [0.2, 0.25) is 0 Å². The first kappa shape index (κ1) is 17.3. The first-order chi connectivity index (χ1) is 12.2. The van der Waals surface area contributed by atoms with Crippen LogP contribution >= 0.6 is 11.8 Å². The minimum absolute atomic E-state index is 0.295. The highest BCUT2D eigenvalue weighted by Crippen LogP contribution is 2.24. The van der Waals surface area contributed by atoms with Crippen molar-refractivity contribution in [1.29, 1.82) is 0 Å². The molecule has 0 aliphatic heterocycles. The van der Waals surface area contributed by atoms with Gasteiger partial charge >= 0.3 is 5.97 Å². The third kappa shape index (κ3) is 5.50. The van der Waals surface area contributed by atoms with E-state index in [1.807, 2.05) is 42.1 Å². The van der Waals surface area contributed by atoms with E-state index in [4.69, 9.17) is 4.74 Å². The fourth-order valence-corrected chi connectivity index (χ4v) is 3.50. The van der Waals surface area contributed by atoms with E-state index in [1.54, 1.807) is 0 Å². The van der Waals surface area contributed by atoms with E-state index in [9.17, 15) is 4.79 Å². The number of ether oxygens (including phenoxy) is 1. The molecule has 0 saturated carbocycles. The van der Waals surface area contributed by atoms with Gasteiger partial charge in [0.2, 0.25) is 0 Å². The number of carbonyl (C=O) groups excluding carboxylic acids is 1. The molecule has 0 aromatic heterocycles. The van der Waals surface area contributed by atoms with Gasteiger partial charge in [-0.05, 0) is 47.4 Å². The van der Waals surface area contributed by atoms with E-state index in [0.717, 1.165) is 12.2 Å². The average Bonchev–Trinajstić information content (AvgIpc) is 2.62. The molecule has 0 fully saturated rings. The van der Waals surface area contributed by atoms with E-state index in [1.165, 1.54) is 28.5 Å². The highest BCUT2D eigenvalue weighted by molar-refractivity contribution is 7.98. The molecule has 126 valence electrons. The summed E-state index contributed by atoms with van der Waals surface area (Å²) < 4.78 is 5.07. The first-order valence-electron chi connectivity index (χ1n) is 8.22. The highest BCUT2D eigenvalue weighted by atomic mass is 32.2. The minimum atomic E-state index is -0.295. The first-order valence-corrected chi connectivity index (χ1v) is 9.20. The van der Waals surface area contributed by atoms with Gasteiger partial charge in [-0.15, -0.1) is 11.8 Å². The van der Waals surface area contributed by atoms with Crippen LogP contribution in [-0.4, -0.2) is 5.97 Å². The summed E-state index contributed by atoms with van der Waals surface area (Å²) in [5.41, 5.74) is 3.80. The van der Waals surface area contributed by atoms with Crippen LogP contribution in [-0.2, 0) is 17.0 Å². The van der Waals surface area contributed by atoms with Gasteiger partial charge in [0, 0.05) is 17.6 Å². The normalized spacial score (nSPS) is 10.4. The van der Waals surface area contributed by atoms with Crippen molar-refractivity contribution in [1.82, 2.24) is 0 Å². The Morgan fingerprint density at radius 1 is 0.840 bits per heavy atom. The second-order valence-corrected chi connectivity index (χ2v) is 6.88. The Bertz CT molecular complexity index is 826. The molecule has 0 spiro atoms. The van der Waals surface area contributed by atoms with Crippen LogP contribution in [0.4, 0.5) is 0 Å². The van der Waals surface area contributed by atoms with Crippen LogP contribution in [0.15, 0.2) is 83.8 Å². The van der Waals surface area contributed by atoms with Gasteiger partial charge in [0.25, 0.3) is 0 Å². The van der Waals surface area contributed by atoms with Crippen molar-refractivity contribution in [2.45, 2.75) is 24.0 Å². The lowest BCUT2D eigenvalue weighted by atomic mass is 10.1. The lowest BCUT2D eigenvalue weighted by molar-refractivity contribution is -0.131. The SMILES string of the molecule is CC(=O)Oc1ccc(Cc2cccc(SCc3ccccc3)c2)cc1. The Labute approximate surface area is 152 Å². The van der Waals surface area contributed by atoms with Crippen molar-refractivity contribution >= 4 is 17.7 Å². The molecule has 0 bridgehead atoms. The number of hydrogen-bond donors (Lipinski definition) is 0. The summed E-state index contributed by atoms with van der Waals surface area (Å²) in [5.74, 6) is 1.26. The molecule has 0 unspecified atom stereocenters. The maximum Gasteiger partial charge on any atom is 0.308 e. The van der Waals surface area contributed by atoms with Crippen molar-refractivity contribution in [3.8, 4) is 5.75 Å². The van der Waals surface area contributed by atoms with Crippen LogP contribution < -0.4 is 4.74 Å². The standard InChI is InChI=1S/C22H20O2S/c1-17(23)24-21-12-10-18(11-13-21)14-20-8-5-9-22(15-20)25-16-19-6-3-2-4-7-19/h2-13,15H,14,16H2,1H3. The zero-order valence-corrected chi connectivity index (χ0v) is 15.0. The largest absolute Gasteiger partial charge is 0.427 e. The van der Waals surface area contributed by atoms with Crippen LogP contribution in [0.25, 0.3) is 0 Å². The maximum atomic E-state index is 11.0. The van der Waals surface area contributed by atoms with Crippen LogP contribution in [0.3, 0.4) is 0 Å². The summed E-state index contributed by atoms with van der Waals surface area (Å²) in [4.78, 5) is 12.2. The summed E-state index contributed by atoms with van der Waals surface area (Å²) in [6.07, 6.45) is 0.861. The minimum Gasteiger partial charge on any atom is -0.427 e. The molecule has 2 nitrogen and oxygen atoms in total. The van der Waals surface area contributed by atoms with Crippen molar-refractivity contribution in [3.63, 3.8) is 0 Å². The van der Waals surface area contributed by atoms with E-state index in [0.29, 0.717) is 5.75 Å². The molecule has 3 heteroatoms. The van der Waals surface area contributed by atoms with Crippen LogP contribution in [0.5, 0.6) is 5.75 Å². The second-order valence-electron chi connectivity index (χ2n) is 5.84. The Kier molecular flexibility index (Phi) is 5.91. The molecule has 0 atom stereocenters. The lowest BCUT2D eigenvalue weighted by Gasteiger charge is -2.07. The third-order valence-corrected chi connectivity index (χ3v) is 4.80. The van der Waals surface area contributed by atoms with E-state index in [-0.39, 0.29) is 5.97 Å². The maximum absolute atomic E-state index is 11.0. The Morgan fingerprint density at radius 3 is 2.28 bits per heavy atom. The van der Waals surface area contributed by atoms with Gasteiger partial charge in [0.1, 0.15) is 5.75 Å². The van der Waals surface area contributed by atoms with Crippen molar-refractivity contribution in [3.05, 3.63) is 95.6 Å². The number of benzene rings is 3. The predicted octanol–water partition coefficient (Wildman–Crippen LogP) is 5.50. The second kappa shape index (κ2) is 8.54. The summed E-state index contributed by atoms with van der Waals surface area (Å²) in [5, 5.41) is 0. The number of thioether (sulfide) groups is 1. The molecule has 0 heterocycles. The zero-order valence-electron chi connectivity index (χ0n) is 14.1. The fourth-order valence-electron chi connectivity index (χ4n) is 2.56. The smallest absolute Gasteiger partial charge is 0.308 e. The zero-order chi connectivity index (χ0) is 17.5. The van der Waals surface area contributed by atoms with Crippen LogP contribution in [0.1, 0.15) is 23.6 Å². The molecular weight excluding hydrogens is 328 g/mol. The predicted molar refractivity (Wildman–Crippen MR) is 103 cm³/mol. The average molecular weight is 348 g/mol. The van der Waals surface area contributed by atoms with Crippen LogP contribution in [0, 0.1) is 0 Å². The molecule has 0 saturated heterocycles. The third-order valence-electron chi connectivity index (χ3n) is 3.74. The van der Waals surface area contributed by atoms with Gasteiger partial charge in [-0.2, -0.15) is 0 Å². The Morgan fingerprint density at radius 2 is 1.56 bits per heavy atom. The molecule has 25 heavy (non-hydrogen) atoms. The molecular formula is C22H20O2S. The highest BCUT2D eigenvalue weighted by Gasteiger charge is 2.02. The molecule has 0 radical (unpaired) electrons. The monoisotopic (exact) mass is 348 g/mol. The Balaban J connectivity index is 1.62. The van der Waals surface area contributed by atoms with Gasteiger partial charge < -0.3 is 4.74 Å². The molecule has 0 N–H and O–H groups in total. The Hall–Kier alpha value is -2.52. The number of esters is 1. The van der Waals surface area contributed by atoms with Gasteiger partial charge in [-0.1, -0.05) is 54.6 Å². The summed E-state index contributed by atoms with van der Waals surface area (Å²) in [6.45, 7) is 1.41. The number of carbonyl (C=O) groups is 1. The van der Waals surface area contributed by atoms with Gasteiger partial charge in [0.15, 0.2) is 0 Å². The molecule has 0 aliphatic carbocycles.